The van der Waals surface area contributed by atoms with E-state index in [-0.39, 0.29) is 11.8 Å². The molecule has 1 aromatic carbocycles. The van der Waals surface area contributed by atoms with Crippen LogP contribution in [0.25, 0.3) is 0 Å². The van der Waals surface area contributed by atoms with Gasteiger partial charge in [-0.1, -0.05) is 5.16 Å². The van der Waals surface area contributed by atoms with Crippen LogP contribution in [0.1, 0.15) is 23.0 Å². The standard InChI is InChI=1S/C20H25BrN4O5/c1-4-29-19-15(21)10-14(11-16(19)28-3)20(27)25-7-5-24(6-8-25)12-18(26)22-17-9-13(2)30-23-17/h9-11H,4-8,12H2,1-3H3,(H,22,23,26)/p+1. The first-order chi connectivity index (χ1) is 14.4. The number of amides is 2. The highest BCUT2D eigenvalue weighted by atomic mass is 79.9. The number of benzene rings is 1. The van der Waals surface area contributed by atoms with Gasteiger partial charge in [-0.05, 0) is 41.9 Å². The van der Waals surface area contributed by atoms with Crippen LogP contribution in [0.5, 0.6) is 11.5 Å². The molecule has 0 radical (unpaired) electrons. The molecule has 2 N–H and O–H groups in total. The van der Waals surface area contributed by atoms with E-state index in [1.807, 2.05) is 6.92 Å². The SMILES string of the molecule is CCOc1c(Br)cc(C(=O)N2CC[NH+](CC(=O)Nc3cc(C)on3)CC2)cc1OC. The van der Waals surface area contributed by atoms with Crippen molar-refractivity contribution in [2.45, 2.75) is 13.8 Å². The average molecular weight is 482 g/mol. The molecular weight excluding hydrogens is 456 g/mol. The van der Waals surface area contributed by atoms with Gasteiger partial charge in [-0.25, -0.2) is 0 Å². The summed E-state index contributed by atoms with van der Waals surface area (Å²) in [5.41, 5.74) is 0.532. The predicted molar refractivity (Wildman–Crippen MR) is 113 cm³/mol. The number of ether oxygens (including phenoxy) is 2. The second-order valence-electron chi connectivity index (χ2n) is 7.01. The van der Waals surface area contributed by atoms with Crippen molar-refractivity contribution in [2.24, 2.45) is 0 Å². The fourth-order valence-corrected chi connectivity index (χ4v) is 3.91. The normalized spacial score (nSPS) is 14.5. The van der Waals surface area contributed by atoms with Gasteiger partial charge in [-0.3, -0.25) is 9.59 Å². The number of piperazine rings is 1. The van der Waals surface area contributed by atoms with E-state index >= 15 is 0 Å². The van der Waals surface area contributed by atoms with E-state index in [1.54, 1.807) is 37.1 Å². The summed E-state index contributed by atoms with van der Waals surface area (Å²) in [5.74, 6) is 1.96. The number of methoxy groups -OCH3 is 1. The van der Waals surface area contributed by atoms with E-state index in [2.05, 4.69) is 26.4 Å². The molecule has 0 spiro atoms. The van der Waals surface area contributed by atoms with Crippen LogP contribution in [0.4, 0.5) is 5.82 Å². The molecule has 0 atom stereocenters. The Hall–Kier alpha value is -2.59. The van der Waals surface area contributed by atoms with Crippen LogP contribution in [0.2, 0.25) is 0 Å². The highest BCUT2D eigenvalue weighted by molar-refractivity contribution is 9.10. The summed E-state index contributed by atoms with van der Waals surface area (Å²) < 4.78 is 16.6. The Labute approximate surface area is 183 Å². The molecule has 2 heterocycles. The molecule has 0 aliphatic carbocycles. The lowest BCUT2D eigenvalue weighted by atomic mass is 10.1. The van der Waals surface area contributed by atoms with Gasteiger partial charge in [0.05, 0.1) is 44.4 Å². The summed E-state index contributed by atoms with van der Waals surface area (Å²) in [6.45, 7) is 6.98. The number of nitrogens with one attached hydrogen (secondary N) is 2. The van der Waals surface area contributed by atoms with E-state index in [9.17, 15) is 9.59 Å². The number of nitrogens with zero attached hydrogens (tertiary/aromatic N) is 2. The number of halogens is 1. The zero-order valence-corrected chi connectivity index (χ0v) is 18.9. The van der Waals surface area contributed by atoms with Gasteiger partial charge in [0.1, 0.15) is 5.76 Å². The van der Waals surface area contributed by atoms with Crippen molar-refractivity contribution >= 4 is 33.6 Å². The topological polar surface area (TPSA) is 98.3 Å². The molecule has 0 saturated carbocycles. The summed E-state index contributed by atoms with van der Waals surface area (Å²) in [6.07, 6.45) is 0. The van der Waals surface area contributed by atoms with E-state index in [0.717, 1.165) is 4.90 Å². The maximum atomic E-state index is 13.0. The quantitative estimate of drug-likeness (QED) is 0.614. The molecule has 1 fully saturated rings. The van der Waals surface area contributed by atoms with Crippen molar-refractivity contribution in [1.29, 1.82) is 0 Å². The third-order valence-electron chi connectivity index (χ3n) is 4.83. The zero-order chi connectivity index (χ0) is 21.7. The maximum Gasteiger partial charge on any atom is 0.280 e. The molecule has 30 heavy (non-hydrogen) atoms. The second kappa shape index (κ2) is 9.94. The zero-order valence-electron chi connectivity index (χ0n) is 17.3. The summed E-state index contributed by atoms with van der Waals surface area (Å²) in [4.78, 5) is 28.1. The Morgan fingerprint density at radius 3 is 2.63 bits per heavy atom. The first-order valence-corrected chi connectivity index (χ1v) is 10.6. The summed E-state index contributed by atoms with van der Waals surface area (Å²) in [5, 5.41) is 6.49. The van der Waals surface area contributed by atoms with Crippen LogP contribution in [0, 0.1) is 6.92 Å². The fourth-order valence-electron chi connectivity index (χ4n) is 3.35. The van der Waals surface area contributed by atoms with Crippen LogP contribution in [0.15, 0.2) is 27.2 Å². The Morgan fingerprint density at radius 2 is 2.03 bits per heavy atom. The fraction of sp³-hybridized carbons (Fsp3) is 0.450. The van der Waals surface area contributed by atoms with Crippen molar-refractivity contribution in [3.05, 3.63) is 34.0 Å². The van der Waals surface area contributed by atoms with E-state index in [4.69, 9.17) is 14.0 Å². The first kappa shape index (κ1) is 22.1. The van der Waals surface area contributed by atoms with Gasteiger partial charge in [0.2, 0.25) is 0 Å². The van der Waals surface area contributed by atoms with Crippen molar-refractivity contribution in [3.8, 4) is 11.5 Å². The van der Waals surface area contributed by atoms with Crippen LogP contribution in [0.3, 0.4) is 0 Å². The molecule has 2 aromatic rings. The third kappa shape index (κ3) is 5.31. The van der Waals surface area contributed by atoms with Crippen LogP contribution >= 0.6 is 15.9 Å². The number of quaternary nitrogens is 1. The minimum atomic E-state index is -0.127. The molecule has 1 aromatic heterocycles. The van der Waals surface area contributed by atoms with Gasteiger partial charge in [0.15, 0.2) is 23.9 Å². The van der Waals surface area contributed by atoms with Gasteiger partial charge in [0, 0.05) is 11.6 Å². The lowest BCUT2D eigenvalue weighted by molar-refractivity contribution is -0.895. The predicted octanol–water partition coefficient (Wildman–Crippen LogP) is 1.13. The van der Waals surface area contributed by atoms with E-state index in [1.165, 1.54) is 0 Å². The minimum absolute atomic E-state index is 0.0707. The summed E-state index contributed by atoms with van der Waals surface area (Å²) >= 11 is 3.46. The Bertz CT molecular complexity index is 909. The highest BCUT2D eigenvalue weighted by Gasteiger charge is 2.27. The summed E-state index contributed by atoms with van der Waals surface area (Å²) in [7, 11) is 1.55. The second-order valence-corrected chi connectivity index (χ2v) is 7.87. The van der Waals surface area contributed by atoms with Crippen LogP contribution in [-0.4, -0.2) is 68.3 Å². The number of aromatic nitrogens is 1. The number of aryl methyl sites for hydroxylation is 1. The number of carbonyl (C=O) groups is 2. The van der Waals surface area contributed by atoms with Crippen molar-refractivity contribution < 1.29 is 28.5 Å². The molecule has 1 aliphatic heterocycles. The van der Waals surface area contributed by atoms with Crippen molar-refractivity contribution in [3.63, 3.8) is 0 Å². The molecule has 9 nitrogen and oxygen atoms in total. The number of carbonyl (C=O) groups excluding carboxylic acids is 2. The van der Waals surface area contributed by atoms with Gasteiger partial charge >= 0.3 is 0 Å². The van der Waals surface area contributed by atoms with Crippen LogP contribution < -0.4 is 19.7 Å². The lowest BCUT2D eigenvalue weighted by Gasteiger charge is -2.32. The summed E-state index contributed by atoms with van der Waals surface area (Å²) in [6, 6.07) is 5.13. The molecule has 1 saturated heterocycles. The van der Waals surface area contributed by atoms with Gasteiger partial charge in [-0.2, -0.15) is 0 Å². The maximum absolute atomic E-state index is 13.0. The molecule has 0 bridgehead atoms. The Morgan fingerprint density at radius 1 is 1.30 bits per heavy atom. The molecular formula is C20H26BrN4O5+. The van der Waals surface area contributed by atoms with Gasteiger partial charge in [0.25, 0.3) is 11.8 Å². The Kier molecular flexibility index (Phi) is 7.33. The largest absolute Gasteiger partial charge is 0.493 e. The highest BCUT2D eigenvalue weighted by Crippen LogP contribution is 2.37. The molecule has 1 aliphatic rings. The smallest absolute Gasteiger partial charge is 0.280 e. The molecule has 3 rings (SSSR count). The van der Waals surface area contributed by atoms with Gasteiger partial charge in [-0.15, -0.1) is 0 Å². The molecule has 0 unspecified atom stereocenters. The number of anilines is 1. The third-order valence-corrected chi connectivity index (χ3v) is 5.42. The van der Waals surface area contributed by atoms with E-state index in [0.29, 0.717) is 72.4 Å². The number of hydrogen-bond donors (Lipinski definition) is 2. The minimum Gasteiger partial charge on any atom is -0.493 e. The first-order valence-electron chi connectivity index (χ1n) is 9.77. The van der Waals surface area contributed by atoms with Crippen LogP contribution in [-0.2, 0) is 4.79 Å². The van der Waals surface area contributed by atoms with E-state index < -0.39 is 0 Å². The molecule has 162 valence electrons. The molecule has 2 amide bonds. The Balaban J connectivity index is 1.56. The van der Waals surface area contributed by atoms with Gasteiger partial charge < -0.3 is 29.1 Å². The lowest BCUT2D eigenvalue weighted by Crippen LogP contribution is -3.15. The molecule has 10 heteroatoms. The number of rotatable bonds is 7. The number of hydrogen-bond acceptors (Lipinski definition) is 6. The van der Waals surface area contributed by atoms with Crippen molar-refractivity contribution in [2.75, 3.05) is 51.8 Å². The van der Waals surface area contributed by atoms with Crippen molar-refractivity contribution in [1.82, 2.24) is 10.1 Å². The monoisotopic (exact) mass is 481 g/mol. The average Bonchev–Trinajstić information content (AvgIpc) is 3.13.